The number of piperidine rings is 1. The molecular formula is C15H27N3O. The molecule has 0 unspecified atom stereocenters. The van der Waals surface area contributed by atoms with Gasteiger partial charge in [-0.3, -0.25) is 0 Å². The average Bonchev–Trinajstić information content (AvgIpc) is 3.10. The highest BCUT2D eigenvalue weighted by Crippen LogP contribution is 2.32. The molecule has 0 aliphatic carbocycles. The largest absolute Gasteiger partial charge is 0.325 e. The van der Waals surface area contributed by atoms with Crippen LogP contribution in [0.1, 0.15) is 38.5 Å². The molecule has 0 saturated carbocycles. The standard InChI is InChI=1S/C15H27N3O/c1-16-11-6-13(7-12-16)14-5-4-10-18(14)15(19)17-8-2-3-9-17/h13-14H,2-12H2,1H3/t14-/m0/s1. The van der Waals surface area contributed by atoms with Gasteiger partial charge in [0.2, 0.25) is 0 Å². The first-order valence-corrected chi connectivity index (χ1v) is 8.00. The minimum atomic E-state index is 0.332. The molecule has 3 aliphatic heterocycles. The number of likely N-dealkylation sites (tertiary alicyclic amines) is 3. The highest BCUT2D eigenvalue weighted by molar-refractivity contribution is 5.75. The summed E-state index contributed by atoms with van der Waals surface area (Å²) < 4.78 is 0. The van der Waals surface area contributed by atoms with E-state index in [4.69, 9.17) is 0 Å². The van der Waals surface area contributed by atoms with E-state index in [0.717, 1.165) is 25.6 Å². The molecule has 3 saturated heterocycles. The summed E-state index contributed by atoms with van der Waals surface area (Å²) >= 11 is 0. The van der Waals surface area contributed by atoms with Crippen LogP contribution in [0.2, 0.25) is 0 Å². The maximum absolute atomic E-state index is 12.6. The minimum Gasteiger partial charge on any atom is -0.325 e. The summed E-state index contributed by atoms with van der Waals surface area (Å²) in [4.78, 5) is 19.3. The Morgan fingerprint density at radius 2 is 1.58 bits per heavy atom. The van der Waals surface area contributed by atoms with Crippen LogP contribution in [0.5, 0.6) is 0 Å². The van der Waals surface area contributed by atoms with Gasteiger partial charge in [-0.1, -0.05) is 0 Å². The summed E-state index contributed by atoms with van der Waals surface area (Å²) in [6, 6.07) is 0.862. The summed E-state index contributed by atoms with van der Waals surface area (Å²) in [5.74, 6) is 0.741. The molecule has 2 amide bonds. The summed E-state index contributed by atoms with van der Waals surface area (Å²) in [6.07, 6.45) is 7.36. The first kappa shape index (κ1) is 13.2. The van der Waals surface area contributed by atoms with Gasteiger partial charge in [0.15, 0.2) is 0 Å². The van der Waals surface area contributed by atoms with Crippen LogP contribution in [-0.2, 0) is 0 Å². The molecule has 3 aliphatic rings. The highest BCUT2D eigenvalue weighted by Gasteiger charge is 2.37. The first-order valence-electron chi connectivity index (χ1n) is 8.00. The molecular weight excluding hydrogens is 238 g/mol. The molecule has 0 spiro atoms. The fourth-order valence-electron chi connectivity index (χ4n) is 4.02. The lowest BCUT2D eigenvalue weighted by Gasteiger charge is -2.38. The van der Waals surface area contributed by atoms with Gasteiger partial charge in [-0.25, -0.2) is 4.79 Å². The fraction of sp³-hybridized carbons (Fsp3) is 0.933. The highest BCUT2D eigenvalue weighted by atomic mass is 16.2. The van der Waals surface area contributed by atoms with Crippen molar-refractivity contribution in [1.29, 1.82) is 0 Å². The molecule has 3 rings (SSSR count). The Balaban J connectivity index is 1.62. The van der Waals surface area contributed by atoms with E-state index >= 15 is 0 Å². The summed E-state index contributed by atoms with van der Waals surface area (Å²) in [6.45, 7) is 5.36. The number of nitrogens with zero attached hydrogens (tertiary/aromatic N) is 3. The summed E-state index contributed by atoms with van der Waals surface area (Å²) in [7, 11) is 2.21. The number of carbonyl (C=O) groups excluding carboxylic acids is 1. The van der Waals surface area contributed by atoms with E-state index < -0.39 is 0 Å². The molecule has 4 nitrogen and oxygen atoms in total. The SMILES string of the molecule is CN1CCC([C@@H]2CCCN2C(=O)N2CCCC2)CC1. The van der Waals surface area contributed by atoms with E-state index in [1.807, 2.05) is 0 Å². The molecule has 0 aromatic carbocycles. The van der Waals surface area contributed by atoms with Crippen LogP contribution in [-0.4, -0.2) is 66.5 Å². The molecule has 3 heterocycles. The van der Waals surface area contributed by atoms with Crippen LogP contribution in [0, 0.1) is 5.92 Å². The van der Waals surface area contributed by atoms with Gasteiger partial charge in [0.25, 0.3) is 0 Å². The summed E-state index contributed by atoms with van der Waals surface area (Å²) in [5, 5.41) is 0. The third-order valence-corrected chi connectivity index (χ3v) is 5.23. The lowest BCUT2D eigenvalue weighted by Crippen LogP contribution is -2.48. The zero-order valence-electron chi connectivity index (χ0n) is 12.2. The van der Waals surface area contributed by atoms with Crippen LogP contribution in [0.3, 0.4) is 0 Å². The molecule has 108 valence electrons. The third kappa shape index (κ3) is 2.73. The van der Waals surface area contributed by atoms with Crippen molar-refractivity contribution < 1.29 is 4.79 Å². The number of amides is 2. The molecule has 1 atom stereocenters. The van der Waals surface area contributed by atoms with Crippen LogP contribution >= 0.6 is 0 Å². The Labute approximate surface area is 116 Å². The fourth-order valence-corrected chi connectivity index (χ4v) is 4.02. The van der Waals surface area contributed by atoms with Crippen LogP contribution in [0.15, 0.2) is 0 Å². The zero-order chi connectivity index (χ0) is 13.2. The molecule has 0 radical (unpaired) electrons. The Morgan fingerprint density at radius 3 is 2.26 bits per heavy atom. The second-order valence-corrected chi connectivity index (χ2v) is 6.52. The van der Waals surface area contributed by atoms with Gasteiger partial charge in [-0.05, 0) is 64.6 Å². The molecule has 4 heteroatoms. The van der Waals surface area contributed by atoms with E-state index in [1.165, 1.54) is 51.6 Å². The van der Waals surface area contributed by atoms with Crippen molar-refractivity contribution in [2.75, 3.05) is 39.8 Å². The summed E-state index contributed by atoms with van der Waals surface area (Å²) in [5.41, 5.74) is 0. The quantitative estimate of drug-likeness (QED) is 0.725. The van der Waals surface area contributed by atoms with E-state index in [1.54, 1.807) is 0 Å². The second kappa shape index (κ2) is 5.70. The normalized spacial score (nSPS) is 30.3. The molecule has 0 bridgehead atoms. The minimum absolute atomic E-state index is 0.332. The van der Waals surface area contributed by atoms with Gasteiger partial charge in [0, 0.05) is 25.7 Å². The third-order valence-electron chi connectivity index (χ3n) is 5.23. The topological polar surface area (TPSA) is 26.8 Å². The van der Waals surface area contributed by atoms with E-state index in [-0.39, 0.29) is 0 Å². The van der Waals surface area contributed by atoms with E-state index in [9.17, 15) is 4.79 Å². The van der Waals surface area contributed by atoms with Gasteiger partial charge in [-0.15, -0.1) is 0 Å². The Bertz CT molecular complexity index is 319. The predicted octanol–water partition coefficient (Wildman–Crippen LogP) is 2.01. The number of hydrogen-bond acceptors (Lipinski definition) is 2. The monoisotopic (exact) mass is 265 g/mol. The second-order valence-electron chi connectivity index (χ2n) is 6.52. The first-order chi connectivity index (χ1) is 9.25. The zero-order valence-corrected chi connectivity index (χ0v) is 12.2. The van der Waals surface area contributed by atoms with Crippen LogP contribution in [0.4, 0.5) is 4.79 Å². The van der Waals surface area contributed by atoms with Crippen LogP contribution in [0.25, 0.3) is 0 Å². The average molecular weight is 265 g/mol. The van der Waals surface area contributed by atoms with Crippen molar-refractivity contribution in [2.45, 2.75) is 44.6 Å². The van der Waals surface area contributed by atoms with Gasteiger partial charge < -0.3 is 14.7 Å². The molecule has 0 N–H and O–H groups in total. The van der Waals surface area contributed by atoms with Gasteiger partial charge in [0.05, 0.1) is 0 Å². The van der Waals surface area contributed by atoms with Gasteiger partial charge >= 0.3 is 6.03 Å². The predicted molar refractivity (Wildman–Crippen MR) is 76.2 cm³/mol. The van der Waals surface area contributed by atoms with Crippen molar-refractivity contribution in [3.05, 3.63) is 0 Å². The lowest BCUT2D eigenvalue weighted by molar-refractivity contribution is 0.114. The molecule has 0 aromatic heterocycles. The van der Waals surface area contributed by atoms with Crippen molar-refractivity contribution >= 4 is 6.03 Å². The Hall–Kier alpha value is -0.770. The lowest BCUT2D eigenvalue weighted by atomic mass is 9.88. The smallest absolute Gasteiger partial charge is 0.320 e. The number of hydrogen-bond donors (Lipinski definition) is 0. The molecule has 3 fully saturated rings. The van der Waals surface area contributed by atoms with Crippen molar-refractivity contribution in [2.24, 2.45) is 5.92 Å². The van der Waals surface area contributed by atoms with Crippen molar-refractivity contribution in [3.8, 4) is 0 Å². The Kier molecular flexibility index (Phi) is 3.96. The van der Waals surface area contributed by atoms with E-state index in [0.29, 0.717) is 12.1 Å². The van der Waals surface area contributed by atoms with Crippen LogP contribution < -0.4 is 0 Å². The van der Waals surface area contributed by atoms with Crippen molar-refractivity contribution in [3.63, 3.8) is 0 Å². The van der Waals surface area contributed by atoms with Gasteiger partial charge in [-0.2, -0.15) is 0 Å². The number of urea groups is 1. The molecule has 0 aromatic rings. The number of rotatable bonds is 1. The van der Waals surface area contributed by atoms with Crippen molar-refractivity contribution in [1.82, 2.24) is 14.7 Å². The van der Waals surface area contributed by atoms with E-state index in [2.05, 4.69) is 21.7 Å². The molecule has 19 heavy (non-hydrogen) atoms. The Morgan fingerprint density at radius 1 is 0.895 bits per heavy atom. The maximum atomic E-state index is 12.6. The number of carbonyl (C=O) groups is 1. The maximum Gasteiger partial charge on any atom is 0.320 e. The van der Waals surface area contributed by atoms with Gasteiger partial charge in [0.1, 0.15) is 0 Å².